The highest BCUT2D eigenvalue weighted by molar-refractivity contribution is 5.76. The molecule has 2 aromatic carbocycles. The molecule has 0 aromatic heterocycles. The van der Waals surface area contributed by atoms with E-state index in [9.17, 15) is 17.6 Å². The van der Waals surface area contributed by atoms with Gasteiger partial charge in [0.05, 0.1) is 5.56 Å². The van der Waals surface area contributed by atoms with Gasteiger partial charge in [-0.1, -0.05) is 63.5 Å². The van der Waals surface area contributed by atoms with Crippen molar-refractivity contribution in [2.24, 2.45) is 11.5 Å². The largest absolute Gasteiger partial charge is 0.416 e. The lowest BCUT2D eigenvalue weighted by atomic mass is 9.96. The van der Waals surface area contributed by atoms with E-state index in [-0.39, 0.29) is 12.0 Å². The number of halogens is 4. The predicted molar refractivity (Wildman–Crippen MR) is 128 cm³/mol. The van der Waals surface area contributed by atoms with Gasteiger partial charge in [-0.2, -0.15) is 13.2 Å². The number of hydrogen-bond acceptors (Lipinski definition) is 2. The van der Waals surface area contributed by atoms with Crippen molar-refractivity contribution in [2.45, 2.75) is 59.6 Å². The number of hydrogen-bond donors (Lipinski definition) is 2. The molecule has 2 aromatic rings. The van der Waals surface area contributed by atoms with Gasteiger partial charge in [-0.3, -0.25) is 0 Å². The molecule has 0 unspecified atom stereocenters. The molecule has 2 rings (SSSR count). The van der Waals surface area contributed by atoms with Crippen LogP contribution in [0.1, 0.15) is 62.3 Å². The van der Waals surface area contributed by atoms with Crippen LogP contribution in [0.25, 0.3) is 5.57 Å². The van der Waals surface area contributed by atoms with Crippen LogP contribution in [0, 0.1) is 12.7 Å². The van der Waals surface area contributed by atoms with Crippen LogP contribution in [-0.4, -0.2) is 7.05 Å². The van der Waals surface area contributed by atoms with Crippen LogP contribution in [0.3, 0.4) is 0 Å². The van der Waals surface area contributed by atoms with Crippen molar-refractivity contribution in [3.05, 3.63) is 88.4 Å². The number of benzene rings is 2. The van der Waals surface area contributed by atoms with E-state index in [1.165, 1.54) is 50.6 Å². The Labute approximate surface area is 190 Å². The number of allylic oxidation sites excluding steroid dienone is 4. The van der Waals surface area contributed by atoms with E-state index in [0.29, 0.717) is 16.8 Å². The normalized spacial score (nSPS) is 11.8. The van der Waals surface area contributed by atoms with Crippen molar-refractivity contribution in [3.63, 3.8) is 0 Å². The van der Waals surface area contributed by atoms with E-state index >= 15 is 0 Å². The summed E-state index contributed by atoms with van der Waals surface area (Å²) in [5.41, 5.74) is 12.2. The quantitative estimate of drug-likeness (QED) is 0.354. The van der Waals surface area contributed by atoms with Crippen LogP contribution in [0.15, 0.2) is 60.3 Å². The molecule has 0 aliphatic heterocycles. The van der Waals surface area contributed by atoms with E-state index in [0.717, 1.165) is 11.6 Å². The Morgan fingerprint density at radius 2 is 1.59 bits per heavy atom. The molecule has 0 amide bonds. The topological polar surface area (TPSA) is 52.0 Å². The third kappa shape index (κ3) is 10.6. The molecule has 0 bridgehead atoms. The molecule has 0 spiro atoms. The summed E-state index contributed by atoms with van der Waals surface area (Å²) >= 11 is 0. The average molecular weight is 453 g/mol. The van der Waals surface area contributed by atoms with Gasteiger partial charge in [0.2, 0.25) is 0 Å². The van der Waals surface area contributed by atoms with Crippen LogP contribution in [0.2, 0.25) is 0 Å². The van der Waals surface area contributed by atoms with E-state index in [2.05, 4.69) is 19.6 Å². The van der Waals surface area contributed by atoms with Gasteiger partial charge in [0, 0.05) is 5.70 Å². The zero-order valence-corrected chi connectivity index (χ0v) is 19.7. The highest BCUT2D eigenvalue weighted by atomic mass is 19.4. The lowest BCUT2D eigenvalue weighted by molar-refractivity contribution is -0.138. The summed E-state index contributed by atoms with van der Waals surface area (Å²) in [6.07, 6.45) is 3.00. The Morgan fingerprint density at radius 3 is 2.09 bits per heavy atom. The Hall–Kier alpha value is -2.60. The SMILES string of the molecule is C/C(N)=C/C(=C\Cc1ccccc1C(F)(F)F)c1cc(F)ccc1C.CCCCC.CN. The molecule has 0 fully saturated rings. The molecule has 4 N–H and O–H groups in total. The molecule has 178 valence electrons. The first-order valence-corrected chi connectivity index (χ1v) is 10.7. The molecule has 2 nitrogen and oxygen atoms in total. The zero-order chi connectivity index (χ0) is 24.7. The van der Waals surface area contributed by atoms with Crippen molar-refractivity contribution >= 4 is 5.57 Å². The number of rotatable bonds is 6. The fourth-order valence-electron chi connectivity index (χ4n) is 2.95. The van der Waals surface area contributed by atoms with Crippen LogP contribution in [0.5, 0.6) is 0 Å². The van der Waals surface area contributed by atoms with Crippen LogP contribution in [0.4, 0.5) is 17.6 Å². The average Bonchev–Trinajstić information content (AvgIpc) is 2.75. The summed E-state index contributed by atoms with van der Waals surface area (Å²) in [7, 11) is 1.50. The summed E-state index contributed by atoms with van der Waals surface area (Å²) in [5.74, 6) is -0.412. The van der Waals surface area contributed by atoms with E-state index < -0.39 is 17.6 Å². The zero-order valence-electron chi connectivity index (χ0n) is 19.7. The molecule has 0 heterocycles. The molecular weight excluding hydrogens is 416 g/mol. The van der Waals surface area contributed by atoms with Crippen molar-refractivity contribution in [1.82, 2.24) is 0 Å². The first-order valence-electron chi connectivity index (χ1n) is 10.7. The summed E-state index contributed by atoms with van der Waals surface area (Å²) in [6.45, 7) is 7.91. The first kappa shape index (κ1) is 29.4. The van der Waals surface area contributed by atoms with Gasteiger partial charge < -0.3 is 11.5 Å². The molecule has 0 aliphatic carbocycles. The highest BCUT2D eigenvalue weighted by Gasteiger charge is 2.32. The number of aryl methyl sites for hydroxylation is 1. The standard InChI is InChI=1S/C20H19F4N.C5H12.CH5N/c1-13-7-10-17(21)12-18(13)16(11-14(2)25)9-8-15-5-3-4-6-19(15)20(22,23)24;1-3-5-4-2;1-2/h3-7,9-12H,8,25H2,1-2H3;3-5H2,1-2H3;2H2,1H3/b14-11-,16-9+;;. The monoisotopic (exact) mass is 452 g/mol. The summed E-state index contributed by atoms with van der Waals surface area (Å²) in [4.78, 5) is 0. The van der Waals surface area contributed by atoms with E-state index in [4.69, 9.17) is 5.73 Å². The maximum absolute atomic E-state index is 13.6. The van der Waals surface area contributed by atoms with Crippen molar-refractivity contribution in [1.29, 1.82) is 0 Å². The van der Waals surface area contributed by atoms with Crippen LogP contribution < -0.4 is 11.5 Å². The second kappa shape index (κ2) is 15.2. The van der Waals surface area contributed by atoms with Gasteiger partial charge >= 0.3 is 6.18 Å². The van der Waals surface area contributed by atoms with Gasteiger partial charge in [0.25, 0.3) is 0 Å². The second-order valence-electron chi connectivity index (χ2n) is 7.22. The van der Waals surface area contributed by atoms with E-state index in [1.54, 1.807) is 31.2 Å². The Bertz CT molecular complexity index is 862. The fourth-order valence-corrected chi connectivity index (χ4v) is 2.95. The van der Waals surface area contributed by atoms with Gasteiger partial charge in [-0.05, 0) is 73.9 Å². The minimum absolute atomic E-state index is 0.0603. The maximum atomic E-state index is 13.6. The number of alkyl halides is 3. The van der Waals surface area contributed by atoms with Gasteiger partial charge in [0.15, 0.2) is 0 Å². The van der Waals surface area contributed by atoms with E-state index in [1.807, 2.05) is 6.92 Å². The van der Waals surface area contributed by atoms with Crippen LogP contribution in [-0.2, 0) is 12.6 Å². The van der Waals surface area contributed by atoms with Crippen LogP contribution >= 0.6 is 0 Å². The Morgan fingerprint density at radius 1 is 1.00 bits per heavy atom. The Kier molecular flexibility index (Phi) is 14.0. The minimum Gasteiger partial charge on any atom is -0.402 e. The fraction of sp³-hybridized carbons (Fsp3) is 0.385. The predicted octanol–water partition coefficient (Wildman–Crippen LogP) is 7.41. The smallest absolute Gasteiger partial charge is 0.402 e. The first-order chi connectivity index (χ1) is 15.1. The molecule has 32 heavy (non-hydrogen) atoms. The van der Waals surface area contributed by atoms with Gasteiger partial charge in [-0.25, -0.2) is 4.39 Å². The van der Waals surface area contributed by atoms with Crippen molar-refractivity contribution in [2.75, 3.05) is 7.05 Å². The van der Waals surface area contributed by atoms with Crippen molar-refractivity contribution in [3.8, 4) is 0 Å². The molecule has 0 saturated carbocycles. The number of unbranched alkanes of at least 4 members (excludes halogenated alkanes) is 2. The molecule has 6 heteroatoms. The molecule has 0 aliphatic rings. The maximum Gasteiger partial charge on any atom is 0.416 e. The molecular formula is C26H36F4N2. The van der Waals surface area contributed by atoms with Gasteiger partial charge in [0.1, 0.15) is 5.82 Å². The molecule has 0 radical (unpaired) electrons. The summed E-state index contributed by atoms with van der Waals surface area (Å²) in [6, 6.07) is 9.74. The number of nitrogens with two attached hydrogens (primary N) is 2. The second-order valence-corrected chi connectivity index (χ2v) is 7.22. The molecule has 0 saturated heterocycles. The summed E-state index contributed by atoms with van der Waals surface area (Å²) < 4.78 is 53.0. The van der Waals surface area contributed by atoms with Crippen molar-refractivity contribution < 1.29 is 17.6 Å². The minimum atomic E-state index is -4.42. The third-order valence-corrected chi connectivity index (χ3v) is 4.47. The lowest BCUT2D eigenvalue weighted by Crippen LogP contribution is -2.08. The third-order valence-electron chi connectivity index (χ3n) is 4.47. The highest BCUT2D eigenvalue weighted by Crippen LogP contribution is 2.32. The lowest BCUT2D eigenvalue weighted by Gasteiger charge is -2.13. The Balaban J connectivity index is 0.00000121. The van der Waals surface area contributed by atoms with Gasteiger partial charge in [-0.15, -0.1) is 0 Å². The summed E-state index contributed by atoms with van der Waals surface area (Å²) in [5, 5.41) is 0. The molecule has 0 atom stereocenters.